The Bertz CT molecular complexity index is 846. The van der Waals surface area contributed by atoms with E-state index in [1.165, 1.54) is 6.07 Å². The molecule has 0 saturated heterocycles. The summed E-state index contributed by atoms with van der Waals surface area (Å²) in [5.41, 5.74) is 7.99. The van der Waals surface area contributed by atoms with Gasteiger partial charge in [0.05, 0.1) is 21.7 Å². The Hall–Kier alpha value is -1.79. The lowest BCUT2D eigenvalue weighted by atomic mass is 10.0. The number of alkyl halides is 3. The van der Waals surface area contributed by atoms with Crippen LogP contribution in [0.3, 0.4) is 0 Å². The molecule has 0 fully saturated rings. The van der Waals surface area contributed by atoms with Crippen LogP contribution in [0.2, 0.25) is 0 Å². The highest BCUT2D eigenvalue weighted by Crippen LogP contribution is 2.40. The Kier molecular flexibility index (Phi) is 4.69. The maximum Gasteiger partial charge on any atom is 0.418 e. The van der Waals surface area contributed by atoms with Gasteiger partial charge in [0.25, 0.3) is 0 Å². The number of aromatic amines is 1. The van der Waals surface area contributed by atoms with Gasteiger partial charge >= 0.3 is 6.18 Å². The minimum absolute atomic E-state index is 0.175. The van der Waals surface area contributed by atoms with E-state index in [2.05, 4.69) is 4.98 Å². The van der Waals surface area contributed by atoms with E-state index in [-0.39, 0.29) is 5.52 Å². The van der Waals surface area contributed by atoms with E-state index >= 15 is 0 Å². The molecule has 0 unspecified atom stereocenters. The highest BCUT2D eigenvalue weighted by atomic mass is 32.1. The fraction of sp³-hybridized carbons (Fsp3) is 0.333. The SMILES string of the molecule is Cc1csc(-c2[nH]c3c(C(F)(F)F)cccc3c2CCCCN)c1. The number of aromatic nitrogens is 1. The van der Waals surface area contributed by atoms with Crippen LogP contribution in [0.15, 0.2) is 29.6 Å². The second-order valence-electron chi connectivity index (χ2n) is 5.94. The third-order valence-electron chi connectivity index (χ3n) is 4.10. The molecule has 0 aliphatic rings. The standard InChI is InChI=1S/C18H19F3N2S/c1-11-9-15(24-10-11)17-13(5-2-3-8-22)12-6-4-7-14(16(12)23-17)18(19,20)21/h4,6-7,9-10,23H,2-3,5,8,22H2,1H3. The molecule has 0 atom stereocenters. The number of para-hydroxylation sites is 1. The number of rotatable bonds is 5. The third-order valence-corrected chi connectivity index (χ3v) is 5.17. The second-order valence-corrected chi connectivity index (χ2v) is 6.85. The van der Waals surface area contributed by atoms with Gasteiger partial charge in [-0.05, 0) is 61.4 Å². The molecule has 0 amide bonds. The third kappa shape index (κ3) is 3.21. The Morgan fingerprint density at radius 3 is 2.62 bits per heavy atom. The largest absolute Gasteiger partial charge is 0.418 e. The normalized spacial score (nSPS) is 12.2. The summed E-state index contributed by atoms with van der Waals surface area (Å²) in [4.78, 5) is 4.03. The fourth-order valence-electron chi connectivity index (χ4n) is 2.99. The lowest BCUT2D eigenvalue weighted by Gasteiger charge is -2.07. The van der Waals surface area contributed by atoms with Crippen LogP contribution in [0, 0.1) is 6.92 Å². The molecule has 0 radical (unpaired) electrons. The van der Waals surface area contributed by atoms with Crippen molar-refractivity contribution in [1.29, 1.82) is 0 Å². The molecule has 1 aromatic carbocycles. The minimum atomic E-state index is -4.37. The van der Waals surface area contributed by atoms with Crippen molar-refractivity contribution >= 4 is 22.2 Å². The van der Waals surface area contributed by atoms with Crippen molar-refractivity contribution in [3.63, 3.8) is 0 Å². The van der Waals surface area contributed by atoms with E-state index in [1.807, 2.05) is 18.4 Å². The maximum atomic E-state index is 13.3. The molecule has 0 aliphatic carbocycles. The number of benzene rings is 1. The van der Waals surface area contributed by atoms with Crippen molar-refractivity contribution in [2.24, 2.45) is 5.73 Å². The fourth-order valence-corrected chi connectivity index (χ4v) is 3.92. The average Bonchev–Trinajstić information content (AvgIpc) is 3.10. The van der Waals surface area contributed by atoms with E-state index < -0.39 is 11.7 Å². The number of hydrogen-bond donors (Lipinski definition) is 2. The molecule has 128 valence electrons. The van der Waals surface area contributed by atoms with Gasteiger partial charge in [-0.2, -0.15) is 13.2 Å². The van der Waals surface area contributed by atoms with Gasteiger partial charge in [0.1, 0.15) is 0 Å². The predicted octanol–water partition coefficient (Wildman–Crippen LogP) is 5.51. The molecule has 2 nitrogen and oxygen atoms in total. The molecule has 24 heavy (non-hydrogen) atoms. The van der Waals surface area contributed by atoms with Crippen molar-refractivity contribution in [2.75, 3.05) is 6.54 Å². The number of nitrogens with two attached hydrogens (primary N) is 1. The topological polar surface area (TPSA) is 41.8 Å². The summed E-state index contributed by atoms with van der Waals surface area (Å²) in [6, 6.07) is 6.39. The molecule has 3 aromatic rings. The van der Waals surface area contributed by atoms with Crippen LogP contribution in [-0.4, -0.2) is 11.5 Å². The van der Waals surface area contributed by atoms with Crippen LogP contribution in [0.1, 0.15) is 29.5 Å². The monoisotopic (exact) mass is 352 g/mol. The van der Waals surface area contributed by atoms with Crippen molar-refractivity contribution in [2.45, 2.75) is 32.4 Å². The van der Waals surface area contributed by atoms with Crippen molar-refractivity contribution in [3.8, 4) is 10.6 Å². The summed E-state index contributed by atoms with van der Waals surface area (Å²) in [6.45, 7) is 2.57. The smallest absolute Gasteiger partial charge is 0.353 e. The van der Waals surface area contributed by atoms with Crippen LogP contribution in [0.25, 0.3) is 21.5 Å². The van der Waals surface area contributed by atoms with E-state index in [4.69, 9.17) is 5.73 Å². The number of halogens is 3. The van der Waals surface area contributed by atoms with Gasteiger partial charge in [0.15, 0.2) is 0 Å². The van der Waals surface area contributed by atoms with E-state index in [9.17, 15) is 13.2 Å². The molecular weight excluding hydrogens is 333 g/mol. The van der Waals surface area contributed by atoms with Crippen LogP contribution >= 0.6 is 11.3 Å². The van der Waals surface area contributed by atoms with Crippen molar-refractivity contribution < 1.29 is 13.2 Å². The molecule has 0 aliphatic heterocycles. The van der Waals surface area contributed by atoms with Crippen molar-refractivity contribution in [3.05, 3.63) is 46.3 Å². The van der Waals surface area contributed by atoms with E-state index in [1.54, 1.807) is 17.4 Å². The Morgan fingerprint density at radius 2 is 2.00 bits per heavy atom. The number of aryl methyl sites for hydroxylation is 2. The minimum Gasteiger partial charge on any atom is -0.353 e. The number of unbranched alkanes of at least 4 members (excludes halogenated alkanes) is 1. The first-order valence-corrected chi connectivity index (χ1v) is 8.76. The summed E-state index contributed by atoms with van der Waals surface area (Å²) in [7, 11) is 0. The zero-order valence-corrected chi connectivity index (χ0v) is 14.2. The van der Waals surface area contributed by atoms with Crippen molar-refractivity contribution in [1.82, 2.24) is 4.98 Å². The summed E-state index contributed by atoms with van der Waals surface area (Å²) < 4.78 is 40.0. The molecule has 0 saturated carbocycles. The van der Waals surface area contributed by atoms with Gasteiger partial charge in [0, 0.05) is 5.39 Å². The molecule has 0 spiro atoms. The number of H-pyrrole nitrogens is 1. The predicted molar refractivity (Wildman–Crippen MR) is 93.3 cm³/mol. The van der Waals surface area contributed by atoms with E-state index in [0.29, 0.717) is 18.4 Å². The van der Waals surface area contributed by atoms with Gasteiger partial charge in [0.2, 0.25) is 0 Å². The summed E-state index contributed by atoms with van der Waals surface area (Å²) in [5, 5.41) is 2.66. The maximum absolute atomic E-state index is 13.3. The molecule has 2 heterocycles. The first-order chi connectivity index (χ1) is 11.4. The number of nitrogens with one attached hydrogen (secondary N) is 1. The Morgan fingerprint density at radius 1 is 1.21 bits per heavy atom. The number of hydrogen-bond acceptors (Lipinski definition) is 2. The van der Waals surface area contributed by atoms with Crippen LogP contribution in [0.4, 0.5) is 13.2 Å². The second kappa shape index (κ2) is 6.61. The quantitative estimate of drug-likeness (QED) is 0.585. The molecule has 6 heteroatoms. The number of thiophene rings is 1. The summed E-state index contributed by atoms with van der Waals surface area (Å²) in [6.07, 6.45) is -1.95. The molecule has 3 N–H and O–H groups in total. The highest BCUT2D eigenvalue weighted by Gasteiger charge is 2.34. The van der Waals surface area contributed by atoms with Gasteiger partial charge in [-0.25, -0.2) is 0 Å². The summed E-state index contributed by atoms with van der Waals surface area (Å²) in [5.74, 6) is 0. The Labute approximate surface area is 142 Å². The lowest BCUT2D eigenvalue weighted by Crippen LogP contribution is -2.05. The highest BCUT2D eigenvalue weighted by molar-refractivity contribution is 7.13. The number of fused-ring (bicyclic) bond motifs is 1. The van der Waals surface area contributed by atoms with E-state index in [0.717, 1.165) is 40.6 Å². The zero-order chi connectivity index (χ0) is 17.3. The Balaban J connectivity index is 2.19. The van der Waals surface area contributed by atoms with Gasteiger partial charge < -0.3 is 10.7 Å². The molecule has 3 rings (SSSR count). The summed E-state index contributed by atoms with van der Waals surface area (Å²) >= 11 is 1.55. The average molecular weight is 352 g/mol. The van der Waals surface area contributed by atoms with Gasteiger partial charge in [-0.1, -0.05) is 12.1 Å². The van der Waals surface area contributed by atoms with Gasteiger partial charge in [-0.15, -0.1) is 11.3 Å². The van der Waals surface area contributed by atoms with Crippen LogP contribution in [0.5, 0.6) is 0 Å². The molecular formula is C18H19F3N2S. The van der Waals surface area contributed by atoms with Gasteiger partial charge in [-0.3, -0.25) is 0 Å². The lowest BCUT2D eigenvalue weighted by molar-refractivity contribution is -0.136. The first-order valence-electron chi connectivity index (χ1n) is 7.88. The molecule has 2 aromatic heterocycles. The van der Waals surface area contributed by atoms with Crippen LogP contribution < -0.4 is 5.73 Å². The molecule has 0 bridgehead atoms. The zero-order valence-electron chi connectivity index (χ0n) is 13.3. The van der Waals surface area contributed by atoms with Crippen LogP contribution in [-0.2, 0) is 12.6 Å². The first kappa shape index (κ1) is 17.0.